The molecule has 1 aromatic heterocycles. The molecular weight excluding hydrogens is 384 g/mol. The SMILES string of the molecule is CCn1c(COc2ccccc2C)nnc1SCC(=O)Nc1c(C)cccc1C. The van der Waals surface area contributed by atoms with Gasteiger partial charge in [-0.3, -0.25) is 4.79 Å². The van der Waals surface area contributed by atoms with Crippen LogP contribution in [0, 0.1) is 20.8 Å². The van der Waals surface area contributed by atoms with Gasteiger partial charge >= 0.3 is 0 Å². The quantitative estimate of drug-likeness (QED) is 0.553. The molecule has 152 valence electrons. The lowest BCUT2D eigenvalue weighted by Gasteiger charge is -2.12. The summed E-state index contributed by atoms with van der Waals surface area (Å²) in [5.74, 6) is 1.79. The monoisotopic (exact) mass is 410 g/mol. The third kappa shape index (κ3) is 5.17. The molecule has 1 N–H and O–H groups in total. The Morgan fingerprint density at radius 1 is 1.03 bits per heavy atom. The van der Waals surface area contributed by atoms with E-state index in [9.17, 15) is 4.79 Å². The number of nitrogens with zero attached hydrogens (tertiary/aromatic N) is 3. The molecule has 7 heteroatoms. The summed E-state index contributed by atoms with van der Waals surface area (Å²) < 4.78 is 7.88. The van der Waals surface area contributed by atoms with E-state index in [2.05, 4.69) is 15.5 Å². The molecule has 0 radical (unpaired) electrons. The van der Waals surface area contributed by atoms with Gasteiger partial charge < -0.3 is 14.6 Å². The van der Waals surface area contributed by atoms with Crippen molar-refractivity contribution in [1.29, 1.82) is 0 Å². The lowest BCUT2D eigenvalue weighted by molar-refractivity contribution is -0.113. The van der Waals surface area contributed by atoms with E-state index in [1.54, 1.807) is 0 Å². The van der Waals surface area contributed by atoms with Crippen LogP contribution >= 0.6 is 11.8 Å². The molecule has 0 unspecified atom stereocenters. The van der Waals surface area contributed by atoms with Crippen LogP contribution in [-0.2, 0) is 17.9 Å². The predicted molar refractivity (Wildman–Crippen MR) is 116 cm³/mol. The second kappa shape index (κ2) is 9.60. The number of para-hydroxylation sites is 2. The molecule has 0 atom stereocenters. The first-order valence-corrected chi connectivity index (χ1v) is 10.6. The molecule has 0 aliphatic carbocycles. The average Bonchev–Trinajstić information content (AvgIpc) is 3.10. The molecule has 3 rings (SSSR count). The van der Waals surface area contributed by atoms with Gasteiger partial charge in [-0.25, -0.2) is 0 Å². The third-order valence-corrected chi connectivity index (χ3v) is 5.60. The zero-order valence-electron chi connectivity index (χ0n) is 17.2. The normalized spacial score (nSPS) is 10.8. The highest BCUT2D eigenvalue weighted by atomic mass is 32.2. The van der Waals surface area contributed by atoms with E-state index < -0.39 is 0 Å². The van der Waals surface area contributed by atoms with Crippen LogP contribution in [0.4, 0.5) is 5.69 Å². The summed E-state index contributed by atoms with van der Waals surface area (Å²) in [4.78, 5) is 12.4. The minimum atomic E-state index is -0.0595. The molecular formula is C22H26N4O2S. The fraction of sp³-hybridized carbons (Fsp3) is 0.318. The van der Waals surface area contributed by atoms with Crippen LogP contribution in [0.3, 0.4) is 0 Å². The Kier molecular flexibility index (Phi) is 6.93. The van der Waals surface area contributed by atoms with Gasteiger partial charge in [-0.2, -0.15) is 0 Å². The number of carbonyl (C=O) groups is 1. The topological polar surface area (TPSA) is 69.0 Å². The van der Waals surface area contributed by atoms with Crippen LogP contribution in [0.2, 0.25) is 0 Å². The number of anilines is 1. The van der Waals surface area contributed by atoms with E-state index in [1.165, 1.54) is 11.8 Å². The van der Waals surface area contributed by atoms with Crippen molar-refractivity contribution >= 4 is 23.4 Å². The van der Waals surface area contributed by atoms with Crippen molar-refractivity contribution in [3.8, 4) is 5.75 Å². The molecule has 0 bridgehead atoms. The van der Waals surface area contributed by atoms with Gasteiger partial charge in [0.15, 0.2) is 11.0 Å². The smallest absolute Gasteiger partial charge is 0.234 e. The van der Waals surface area contributed by atoms with Crippen molar-refractivity contribution in [1.82, 2.24) is 14.8 Å². The van der Waals surface area contributed by atoms with Crippen molar-refractivity contribution in [2.75, 3.05) is 11.1 Å². The number of hydrogen-bond donors (Lipinski definition) is 1. The maximum absolute atomic E-state index is 12.4. The lowest BCUT2D eigenvalue weighted by atomic mass is 10.1. The lowest BCUT2D eigenvalue weighted by Crippen LogP contribution is -2.16. The molecule has 1 amide bonds. The standard InChI is InChI=1S/C22H26N4O2S/c1-5-26-19(13-28-18-12-7-6-9-15(18)2)24-25-22(26)29-14-20(27)23-21-16(3)10-8-11-17(21)4/h6-12H,5,13-14H2,1-4H3,(H,23,27). The third-order valence-electron chi connectivity index (χ3n) is 4.64. The Hall–Kier alpha value is -2.80. The molecule has 29 heavy (non-hydrogen) atoms. The summed E-state index contributed by atoms with van der Waals surface area (Å²) in [6.45, 7) is 9.06. The molecule has 0 spiro atoms. The number of thioether (sulfide) groups is 1. The molecule has 0 aliphatic heterocycles. The number of ether oxygens (including phenoxy) is 1. The zero-order chi connectivity index (χ0) is 20.8. The van der Waals surface area contributed by atoms with Gasteiger partial charge in [0.05, 0.1) is 5.75 Å². The first-order valence-electron chi connectivity index (χ1n) is 9.59. The van der Waals surface area contributed by atoms with E-state index in [0.717, 1.165) is 34.0 Å². The van der Waals surface area contributed by atoms with Crippen molar-refractivity contribution in [2.45, 2.75) is 46.0 Å². The number of rotatable bonds is 8. The van der Waals surface area contributed by atoms with Crippen LogP contribution < -0.4 is 10.1 Å². The average molecular weight is 411 g/mol. The number of aryl methyl sites for hydroxylation is 3. The first kappa shape index (κ1) is 20.9. The fourth-order valence-electron chi connectivity index (χ4n) is 3.03. The van der Waals surface area contributed by atoms with Crippen molar-refractivity contribution in [3.63, 3.8) is 0 Å². The van der Waals surface area contributed by atoms with Crippen molar-refractivity contribution in [2.24, 2.45) is 0 Å². The van der Waals surface area contributed by atoms with E-state index >= 15 is 0 Å². The van der Waals surface area contributed by atoms with Crippen LogP contribution in [-0.4, -0.2) is 26.4 Å². The van der Waals surface area contributed by atoms with Gasteiger partial charge in [0.1, 0.15) is 12.4 Å². The molecule has 0 saturated heterocycles. The van der Waals surface area contributed by atoms with E-state index in [4.69, 9.17) is 4.74 Å². The van der Waals surface area contributed by atoms with E-state index in [0.29, 0.717) is 18.3 Å². The predicted octanol–water partition coefficient (Wildman–Crippen LogP) is 4.53. The Balaban J connectivity index is 1.61. The maximum atomic E-state index is 12.4. The fourth-order valence-corrected chi connectivity index (χ4v) is 3.85. The number of nitrogens with one attached hydrogen (secondary N) is 1. The minimum Gasteiger partial charge on any atom is -0.485 e. The van der Waals surface area contributed by atoms with Gasteiger partial charge in [-0.1, -0.05) is 48.2 Å². The Bertz CT molecular complexity index is 980. The Morgan fingerprint density at radius 3 is 2.41 bits per heavy atom. The summed E-state index contributed by atoms with van der Waals surface area (Å²) in [6.07, 6.45) is 0. The van der Waals surface area contributed by atoms with Crippen LogP contribution in [0.25, 0.3) is 0 Å². The Labute approximate surface area is 175 Å². The largest absolute Gasteiger partial charge is 0.485 e. The highest BCUT2D eigenvalue weighted by Crippen LogP contribution is 2.22. The molecule has 3 aromatic rings. The number of hydrogen-bond acceptors (Lipinski definition) is 5. The van der Waals surface area contributed by atoms with E-state index in [1.807, 2.05) is 74.7 Å². The number of aromatic nitrogens is 3. The molecule has 2 aromatic carbocycles. The van der Waals surface area contributed by atoms with Crippen LogP contribution in [0.15, 0.2) is 47.6 Å². The second-order valence-electron chi connectivity index (χ2n) is 6.80. The highest BCUT2D eigenvalue weighted by molar-refractivity contribution is 7.99. The molecule has 0 aliphatic rings. The molecule has 0 fully saturated rings. The van der Waals surface area contributed by atoms with Gasteiger partial charge in [0.25, 0.3) is 0 Å². The molecule has 6 nitrogen and oxygen atoms in total. The van der Waals surface area contributed by atoms with Gasteiger partial charge in [-0.05, 0) is 50.5 Å². The van der Waals surface area contributed by atoms with Gasteiger partial charge in [-0.15, -0.1) is 10.2 Å². The first-order chi connectivity index (χ1) is 14.0. The molecule has 1 heterocycles. The zero-order valence-corrected chi connectivity index (χ0v) is 18.0. The van der Waals surface area contributed by atoms with E-state index in [-0.39, 0.29) is 11.7 Å². The minimum absolute atomic E-state index is 0.0595. The summed E-state index contributed by atoms with van der Waals surface area (Å²) in [5, 5.41) is 12.2. The van der Waals surface area contributed by atoms with Crippen molar-refractivity contribution in [3.05, 3.63) is 65.0 Å². The summed E-state index contributed by atoms with van der Waals surface area (Å²) >= 11 is 1.38. The summed E-state index contributed by atoms with van der Waals surface area (Å²) in [5.41, 5.74) is 4.06. The maximum Gasteiger partial charge on any atom is 0.234 e. The van der Waals surface area contributed by atoms with Crippen LogP contribution in [0.5, 0.6) is 5.75 Å². The van der Waals surface area contributed by atoms with Gasteiger partial charge in [0, 0.05) is 12.2 Å². The number of amides is 1. The van der Waals surface area contributed by atoms with Crippen LogP contribution in [0.1, 0.15) is 29.4 Å². The highest BCUT2D eigenvalue weighted by Gasteiger charge is 2.15. The Morgan fingerprint density at radius 2 is 1.72 bits per heavy atom. The molecule has 0 saturated carbocycles. The summed E-state index contributed by atoms with van der Waals surface area (Å²) in [6, 6.07) is 13.8. The second-order valence-corrected chi connectivity index (χ2v) is 7.74. The summed E-state index contributed by atoms with van der Waals surface area (Å²) in [7, 11) is 0. The number of benzene rings is 2. The van der Waals surface area contributed by atoms with Crippen molar-refractivity contribution < 1.29 is 9.53 Å². The number of carbonyl (C=O) groups excluding carboxylic acids is 1. The van der Waals surface area contributed by atoms with Gasteiger partial charge in [0.2, 0.25) is 5.91 Å².